The Bertz CT molecular complexity index is 1350. The molecule has 0 saturated carbocycles. The molecule has 2 aromatic carbocycles. The Kier molecular flexibility index (Phi) is 3.70. The van der Waals surface area contributed by atoms with Gasteiger partial charge in [-0.1, -0.05) is 12.1 Å². The van der Waals surface area contributed by atoms with Crippen LogP contribution in [0.25, 0.3) is 33.2 Å². The first-order valence-corrected chi connectivity index (χ1v) is 8.77. The van der Waals surface area contributed by atoms with E-state index < -0.39 is 0 Å². The number of hydrogen-bond donors (Lipinski definition) is 2. The van der Waals surface area contributed by atoms with Crippen LogP contribution < -0.4 is 5.32 Å². The molecule has 3 aromatic heterocycles. The number of aromatic nitrogens is 4. The van der Waals surface area contributed by atoms with E-state index >= 15 is 0 Å². The molecule has 132 valence electrons. The fourth-order valence-electron chi connectivity index (χ4n) is 3.23. The Balaban J connectivity index is 1.65. The van der Waals surface area contributed by atoms with Crippen molar-refractivity contribution < 1.29 is 0 Å². The fraction of sp³-hybridized carbons (Fsp3) is 0. The Morgan fingerprint density at radius 1 is 0.929 bits per heavy atom. The van der Waals surface area contributed by atoms with Gasteiger partial charge in [0.05, 0.1) is 11.1 Å². The van der Waals surface area contributed by atoms with Crippen LogP contribution >= 0.6 is 0 Å². The number of pyridine rings is 1. The van der Waals surface area contributed by atoms with E-state index in [0.29, 0.717) is 17.2 Å². The Hall–Kier alpha value is -4.24. The largest absolute Gasteiger partial charge is 0.360 e. The smallest absolute Gasteiger partial charge is 0.162 e. The molecule has 0 spiro atoms. The molecule has 5 aromatic rings. The summed E-state index contributed by atoms with van der Waals surface area (Å²) in [7, 11) is 0. The van der Waals surface area contributed by atoms with E-state index in [1.807, 2.05) is 54.6 Å². The van der Waals surface area contributed by atoms with Crippen molar-refractivity contribution >= 4 is 33.3 Å². The van der Waals surface area contributed by atoms with E-state index in [2.05, 4.69) is 26.3 Å². The maximum Gasteiger partial charge on any atom is 0.162 e. The average Bonchev–Trinajstić information content (AvgIpc) is 3.16. The number of H-pyrrole nitrogens is 1. The first-order chi connectivity index (χ1) is 13.8. The van der Waals surface area contributed by atoms with Crippen molar-refractivity contribution in [1.82, 2.24) is 19.9 Å². The molecule has 6 heteroatoms. The number of fused-ring (bicyclic) bond motifs is 2. The van der Waals surface area contributed by atoms with E-state index in [1.54, 1.807) is 18.6 Å². The minimum absolute atomic E-state index is 0.615. The van der Waals surface area contributed by atoms with Crippen LogP contribution in [0, 0.1) is 11.3 Å². The number of anilines is 2. The quantitative estimate of drug-likeness (QED) is 0.482. The summed E-state index contributed by atoms with van der Waals surface area (Å²) in [6.07, 6.45) is 5.17. The summed E-state index contributed by atoms with van der Waals surface area (Å²) in [6, 6.07) is 19.7. The predicted molar refractivity (Wildman–Crippen MR) is 109 cm³/mol. The van der Waals surface area contributed by atoms with Crippen molar-refractivity contribution in [2.24, 2.45) is 0 Å². The molecule has 0 fully saturated rings. The van der Waals surface area contributed by atoms with Crippen molar-refractivity contribution in [1.29, 1.82) is 5.26 Å². The highest BCUT2D eigenvalue weighted by molar-refractivity contribution is 5.94. The first-order valence-electron chi connectivity index (χ1n) is 8.77. The third-order valence-electron chi connectivity index (χ3n) is 4.61. The number of nitriles is 1. The highest BCUT2D eigenvalue weighted by Crippen LogP contribution is 2.29. The van der Waals surface area contributed by atoms with Crippen LogP contribution in [-0.2, 0) is 0 Å². The zero-order chi connectivity index (χ0) is 18.9. The van der Waals surface area contributed by atoms with E-state index in [-0.39, 0.29) is 0 Å². The maximum absolute atomic E-state index is 9.29. The van der Waals surface area contributed by atoms with Crippen LogP contribution in [0.5, 0.6) is 0 Å². The Morgan fingerprint density at radius 2 is 1.79 bits per heavy atom. The second-order valence-corrected chi connectivity index (χ2v) is 6.35. The standard InChI is InChI=1S/C22H14N6/c23-12-15-13-25-19-6-5-16(11-18(15)19)26-22-17-3-1-2-4-20(17)27-21(28-22)14-7-9-24-10-8-14/h1-11,13,25H,(H,26,27,28). The fourth-order valence-corrected chi connectivity index (χ4v) is 3.23. The lowest BCUT2D eigenvalue weighted by molar-refractivity contribution is 1.21. The van der Waals surface area contributed by atoms with Crippen LogP contribution in [0.3, 0.4) is 0 Å². The van der Waals surface area contributed by atoms with E-state index in [4.69, 9.17) is 4.98 Å². The van der Waals surface area contributed by atoms with Crippen molar-refractivity contribution in [2.45, 2.75) is 0 Å². The lowest BCUT2D eigenvalue weighted by Crippen LogP contribution is -1.99. The van der Waals surface area contributed by atoms with E-state index in [0.717, 1.165) is 33.1 Å². The second kappa shape index (κ2) is 6.49. The average molecular weight is 362 g/mol. The topological polar surface area (TPSA) is 90.3 Å². The molecule has 0 aliphatic rings. The highest BCUT2D eigenvalue weighted by atomic mass is 15.0. The summed E-state index contributed by atoms with van der Waals surface area (Å²) in [6.45, 7) is 0. The zero-order valence-electron chi connectivity index (χ0n) is 14.7. The summed E-state index contributed by atoms with van der Waals surface area (Å²) < 4.78 is 0. The number of nitrogens with zero attached hydrogens (tertiary/aromatic N) is 4. The summed E-state index contributed by atoms with van der Waals surface area (Å²) in [5, 5.41) is 14.5. The van der Waals surface area contributed by atoms with Gasteiger partial charge in [-0.25, -0.2) is 9.97 Å². The number of para-hydroxylation sites is 1. The van der Waals surface area contributed by atoms with Crippen LogP contribution in [0.15, 0.2) is 73.2 Å². The van der Waals surface area contributed by atoms with Crippen molar-refractivity contribution in [3.63, 3.8) is 0 Å². The Morgan fingerprint density at radius 3 is 2.64 bits per heavy atom. The van der Waals surface area contributed by atoms with Gasteiger partial charge in [0.15, 0.2) is 5.82 Å². The molecule has 5 rings (SSSR count). The number of nitrogens with one attached hydrogen (secondary N) is 2. The zero-order valence-corrected chi connectivity index (χ0v) is 14.7. The number of aromatic amines is 1. The molecule has 0 atom stereocenters. The molecule has 2 N–H and O–H groups in total. The third kappa shape index (κ3) is 2.72. The lowest BCUT2D eigenvalue weighted by Gasteiger charge is -2.11. The number of hydrogen-bond acceptors (Lipinski definition) is 5. The molecule has 0 radical (unpaired) electrons. The molecular weight excluding hydrogens is 348 g/mol. The molecule has 0 amide bonds. The Labute approximate surface area is 160 Å². The highest BCUT2D eigenvalue weighted by Gasteiger charge is 2.11. The summed E-state index contributed by atoms with van der Waals surface area (Å²) in [4.78, 5) is 16.6. The lowest BCUT2D eigenvalue weighted by atomic mass is 10.1. The van der Waals surface area contributed by atoms with E-state index in [1.165, 1.54) is 0 Å². The minimum atomic E-state index is 0.615. The molecule has 0 unspecified atom stereocenters. The van der Waals surface area contributed by atoms with Crippen LogP contribution in [0.4, 0.5) is 11.5 Å². The van der Waals surface area contributed by atoms with Gasteiger partial charge in [0.25, 0.3) is 0 Å². The predicted octanol–water partition coefficient (Wildman–Crippen LogP) is 4.79. The molecule has 0 aliphatic carbocycles. The van der Waals surface area contributed by atoms with Gasteiger partial charge in [0, 0.05) is 46.1 Å². The van der Waals surface area contributed by atoms with Crippen molar-refractivity contribution in [3.05, 3.63) is 78.8 Å². The van der Waals surface area contributed by atoms with Crippen molar-refractivity contribution in [2.75, 3.05) is 5.32 Å². The van der Waals surface area contributed by atoms with Crippen LogP contribution in [0.2, 0.25) is 0 Å². The SMILES string of the molecule is N#Cc1c[nH]c2ccc(Nc3nc(-c4ccncc4)nc4ccccc34)cc12. The molecule has 3 heterocycles. The van der Waals surface area contributed by atoms with Gasteiger partial charge in [0.1, 0.15) is 11.9 Å². The number of benzene rings is 2. The molecule has 6 nitrogen and oxygen atoms in total. The van der Waals surface area contributed by atoms with Gasteiger partial charge in [-0.15, -0.1) is 0 Å². The molecular formula is C22H14N6. The van der Waals surface area contributed by atoms with Gasteiger partial charge >= 0.3 is 0 Å². The van der Waals surface area contributed by atoms with Gasteiger partial charge < -0.3 is 10.3 Å². The summed E-state index contributed by atoms with van der Waals surface area (Å²) in [5.74, 6) is 1.34. The second-order valence-electron chi connectivity index (χ2n) is 6.35. The normalized spacial score (nSPS) is 10.8. The minimum Gasteiger partial charge on any atom is -0.360 e. The monoisotopic (exact) mass is 362 g/mol. The van der Waals surface area contributed by atoms with Crippen LogP contribution in [0.1, 0.15) is 5.56 Å². The third-order valence-corrected chi connectivity index (χ3v) is 4.61. The molecule has 0 saturated heterocycles. The van der Waals surface area contributed by atoms with Gasteiger partial charge in [-0.2, -0.15) is 5.26 Å². The van der Waals surface area contributed by atoms with Gasteiger partial charge in [-0.05, 0) is 42.5 Å². The molecule has 0 aliphatic heterocycles. The van der Waals surface area contributed by atoms with Gasteiger partial charge in [-0.3, -0.25) is 4.98 Å². The summed E-state index contributed by atoms with van der Waals surface area (Å²) >= 11 is 0. The first kappa shape index (κ1) is 16.0. The van der Waals surface area contributed by atoms with Crippen LogP contribution in [-0.4, -0.2) is 19.9 Å². The van der Waals surface area contributed by atoms with Crippen molar-refractivity contribution in [3.8, 4) is 17.5 Å². The number of rotatable bonds is 3. The van der Waals surface area contributed by atoms with E-state index in [9.17, 15) is 5.26 Å². The maximum atomic E-state index is 9.29. The molecule has 0 bridgehead atoms. The summed E-state index contributed by atoms with van der Waals surface area (Å²) in [5.41, 5.74) is 4.15. The van der Waals surface area contributed by atoms with Gasteiger partial charge in [0.2, 0.25) is 0 Å². The molecule has 28 heavy (non-hydrogen) atoms.